The van der Waals surface area contributed by atoms with Crippen LogP contribution in [0.15, 0.2) is 85.5 Å². The topological polar surface area (TPSA) is 197 Å². The highest BCUT2D eigenvalue weighted by Crippen LogP contribution is 2.33. The van der Waals surface area contributed by atoms with Gasteiger partial charge >= 0.3 is 6.09 Å². The molecule has 0 unspecified atom stereocenters. The number of ether oxygens (including phenoxy) is 1. The molecule has 0 saturated carbocycles. The molecule has 16 nitrogen and oxygen atoms in total. The van der Waals surface area contributed by atoms with Gasteiger partial charge in [0.15, 0.2) is 11.6 Å². The van der Waals surface area contributed by atoms with Crippen LogP contribution in [0.5, 0.6) is 0 Å². The summed E-state index contributed by atoms with van der Waals surface area (Å²) in [6.07, 6.45) is 7.73. The maximum absolute atomic E-state index is 12.9. The molecule has 2 saturated heterocycles. The number of nitrogens with one attached hydrogen (secondary N) is 5. The molecule has 2 aliphatic heterocycles. The van der Waals surface area contributed by atoms with Gasteiger partial charge in [-0.3, -0.25) is 19.8 Å². The summed E-state index contributed by atoms with van der Waals surface area (Å²) in [5.74, 6) is -0.0293. The van der Waals surface area contributed by atoms with E-state index in [2.05, 4.69) is 104 Å². The van der Waals surface area contributed by atoms with E-state index in [1.54, 1.807) is 17.3 Å². The molecule has 2 aromatic carbocycles. The molecule has 6 aromatic heterocycles. The summed E-state index contributed by atoms with van der Waals surface area (Å²) in [7, 11) is 0. The number of hydrogen-bond donors (Lipinski definition) is 5. The Morgan fingerprint density at radius 2 is 1.09 bits per heavy atom. The molecule has 8 aromatic rings. The number of aromatic amines is 4. The van der Waals surface area contributed by atoms with Crippen molar-refractivity contribution in [3.8, 4) is 22.3 Å². The zero-order valence-corrected chi connectivity index (χ0v) is 40.4. The number of rotatable bonds is 10. The van der Waals surface area contributed by atoms with Gasteiger partial charge in [-0.05, 0) is 107 Å². The number of carbonyl (C=O) groups excluding carboxylic acids is 3. The highest BCUT2D eigenvalue weighted by Gasteiger charge is 2.27. The van der Waals surface area contributed by atoms with Gasteiger partial charge < -0.3 is 34.7 Å². The Hall–Kier alpha value is -7.59. The van der Waals surface area contributed by atoms with Gasteiger partial charge in [-0.25, -0.2) is 14.8 Å². The molecule has 0 spiro atoms. The first-order chi connectivity index (χ1) is 33.2. The summed E-state index contributed by atoms with van der Waals surface area (Å²) in [6.45, 7) is 20.0. The molecule has 0 aliphatic carbocycles. The smallest absolute Gasteiger partial charge is 0.410 e. The number of piperazine rings is 2. The number of hydrogen-bond acceptors (Lipinski definition) is 11. The van der Waals surface area contributed by atoms with Crippen molar-refractivity contribution in [2.75, 3.05) is 62.2 Å². The van der Waals surface area contributed by atoms with Crippen molar-refractivity contribution in [2.24, 2.45) is 0 Å². The molecular weight excluding hydrogens is 869 g/mol. The zero-order valence-electron chi connectivity index (χ0n) is 40.4. The first-order valence-corrected chi connectivity index (χ1v) is 23.6. The fourth-order valence-electron chi connectivity index (χ4n) is 8.95. The molecule has 10 rings (SSSR count). The van der Waals surface area contributed by atoms with Gasteiger partial charge in [0, 0.05) is 146 Å². The number of benzene rings is 2. The van der Waals surface area contributed by atoms with Crippen LogP contribution in [0.25, 0.3) is 44.3 Å². The van der Waals surface area contributed by atoms with E-state index in [1.165, 1.54) is 5.69 Å². The number of pyridine rings is 2. The fraction of sp³-hybridized carbons (Fsp3) is 0.340. The molecule has 8 heterocycles. The summed E-state index contributed by atoms with van der Waals surface area (Å²) in [6, 6.07) is 21.1. The molecule has 0 radical (unpaired) electrons. The van der Waals surface area contributed by atoms with Crippen LogP contribution >= 0.6 is 0 Å². The normalized spacial score (nSPS) is 14.3. The molecule has 2 aliphatic rings. The van der Waals surface area contributed by atoms with Crippen molar-refractivity contribution < 1.29 is 19.1 Å². The van der Waals surface area contributed by atoms with E-state index in [0.717, 1.165) is 123 Å². The predicted molar refractivity (Wildman–Crippen MR) is 270 cm³/mol. The SMILES string of the molecule is Cc1[nH]nc(C(=O)Cc2cnc3[nH]cc(-c4cccc(N5CCN(C(=O)OC(C)(C)C)CC5)c4)c3c2)c1C.Cc1[nH]nc(C(=O)Cc2cnc3[nH]cc(-c4cccc(N5CCNCC5)c4)c3c2)c1C. The van der Waals surface area contributed by atoms with Gasteiger partial charge in [0.1, 0.15) is 28.3 Å². The zero-order chi connectivity index (χ0) is 48.4. The van der Waals surface area contributed by atoms with Gasteiger partial charge in [0.25, 0.3) is 0 Å². The Labute approximate surface area is 401 Å². The van der Waals surface area contributed by atoms with Crippen molar-refractivity contribution >= 4 is 51.1 Å². The second kappa shape index (κ2) is 19.6. The van der Waals surface area contributed by atoms with Crippen molar-refractivity contribution in [1.82, 2.24) is 50.5 Å². The van der Waals surface area contributed by atoms with Crippen molar-refractivity contribution in [3.63, 3.8) is 0 Å². The minimum atomic E-state index is -0.499. The Bertz CT molecular complexity index is 3160. The number of aromatic nitrogens is 8. The molecule has 356 valence electrons. The molecular formula is C53H60N12O4. The largest absolute Gasteiger partial charge is 0.444 e. The quantitative estimate of drug-likeness (QED) is 0.0826. The van der Waals surface area contributed by atoms with Crippen LogP contribution in [0.2, 0.25) is 0 Å². The summed E-state index contributed by atoms with van der Waals surface area (Å²) in [5, 5.41) is 19.5. The Balaban J connectivity index is 0.000000175. The van der Waals surface area contributed by atoms with Gasteiger partial charge in [-0.15, -0.1) is 0 Å². The number of H-pyrrole nitrogens is 4. The highest BCUT2D eigenvalue weighted by molar-refractivity contribution is 6.00. The van der Waals surface area contributed by atoms with E-state index in [4.69, 9.17) is 4.74 Å². The third kappa shape index (κ3) is 10.3. The van der Waals surface area contributed by atoms with Gasteiger partial charge in [0.2, 0.25) is 0 Å². The molecule has 0 bridgehead atoms. The number of nitrogens with zero attached hydrogens (tertiary/aromatic N) is 7. The second-order valence-electron chi connectivity index (χ2n) is 19.0. The van der Waals surface area contributed by atoms with Crippen LogP contribution in [0.4, 0.5) is 16.2 Å². The summed E-state index contributed by atoms with van der Waals surface area (Å²) in [5.41, 5.74) is 14.1. The number of ketones is 2. The maximum atomic E-state index is 12.9. The van der Waals surface area contributed by atoms with E-state index in [1.807, 2.05) is 73.0 Å². The number of anilines is 2. The lowest BCUT2D eigenvalue weighted by Crippen LogP contribution is -2.50. The molecule has 16 heteroatoms. The highest BCUT2D eigenvalue weighted by atomic mass is 16.6. The third-order valence-electron chi connectivity index (χ3n) is 13.0. The first-order valence-electron chi connectivity index (χ1n) is 23.6. The summed E-state index contributed by atoms with van der Waals surface area (Å²) >= 11 is 0. The lowest BCUT2D eigenvalue weighted by Gasteiger charge is -2.36. The van der Waals surface area contributed by atoms with Crippen LogP contribution in [-0.2, 0) is 17.6 Å². The molecule has 2 fully saturated rings. The monoisotopic (exact) mass is 928 g/mol. The predicted octanol–water partition coefficient (Wildman–Crippen LogP) is 8.46. The molecule has 5 N–H and O–H groups in total. The lowest BCUT2D eigenvalue weighted by atomic mass is 10.0. The van der Waals surface area contributed by atoms with Gasteiger partial charge in [0.05, 0.1) is 0 Å². The summed E-state index contributed by atoms with van der Waals surface area (Å²) < 4.78 is 5.53. The van der Waals surface area contributed by atoms with Crippen LogP contribution in [-0.4, -0.2) is 121 Å². The van der Waals surface area contributed by atoms with Crippen molar-refractivity contribution in [2.45, 2.75) is 66.9 Å². The van der Waals surface area contributed by atoms with E-state index >= 15 is 0 Å². The fourth-order valence-corrected chi connectivity index (χ4v) is 8.95. The minimum absolute atomic E-state index is 0.000732. The van der Waals surface area contributed by atoms with Crippen LogP contribution < -0.4 is 15.1 Å². The van der Waals surface area contributed by atoms with Crippen LogP contribution in [0.3, 0.4) is 0 Å². The standard InChI is InChI=1S/C29H34N6O3.C24H26N6O/c1-18-19(2)32-33-26(18)25(36)14-20-13-23-24(17-31-27(23)30-16-20)21-7-6-8-22(15-21)34-9-11-35(12-10-34)28(37)38-29(3,4)5;1-15-16(2)28-29-23(15)22(31)11-17-10-20-21(14-27-24(20)26-13-17)18-4-3-5-19(12-18)30-8-6-25-7-9-30/h6-8,13,15-17H,9-12,14H2,1-5H3,(H,30,31)(H,32,33);3-5,10,12-14,25H,6-9,11H2,1-2H3,(H,26,27)(H,28,29). The minimum Gasteiger partial charge on any atom is -0.444 e. The van der Waals surface area contributed by atoms with Crippen molar-refractivity contribution in [1.29, 1.82) is 0 Å². The maximum Gasteiger partial charge on any atom is 0.410 e. The summed E-state index contributed by atoms with van der Waals surface area (Å²) in [4.78, 5) is 60.2. The number of amides is 1. The Morgan fingerprint density at radius 3 is 1.52 bits per heavy atom. The van der Waals surface area contributed by atoms with Crippen LogP contribution in [0, 0.1) is 27.7 Å². The number of carbonyl (C=O) groups is 3. The average molecular weight is 929 g/mol. The number of fused-ring (bicyclic) bond motifs is 2. The number of aryl methyl sites for hydroxylation is 2. The van der Waals surface area contributed by atoms with E-state index < -0.39 is 5.60 Å². The van der Waals surface area contributed by atoms with Crippen LogP contribution in [0.1, 0.15) is 75.4 Å². The van der Waals surface area contributed by atoms with Crippen molar-refractivity contribution in [3.05, 3.63) is 130 Å². The van der Waals surface area contributed by atoms with E-state index in [-0.39, 0.29) is 30.5 Å². The lowest BCUT2D eigenvalue weighted by molar-refractivity contribution is 0.0240. The van der Waals surface area contributed by atoms with E-state index in [0.29, 0.717) is 24.5 Å². The molecule has 1 amide bonds. The Kier molecular flexibility index (Phi) is 13.2. The third-order valence-corrected chi connectivity index (χ3v) is 13.0. The van der Waals surface area contributed by atoms with E-state index in [9.17, 15) is 14.4 Å². The molecule has 0 atom stereocenters. The number of Topliss-reactive ketones (excluding diaryl/α,β-unsaturated/α-hetero) is 2. The Morgan fingerprint density at radius 1 is 0.623 bits per heavy atom. The van der Waals surface area contributed by atoms with Gasteiger partial charge in [-0.2, -0.15) is 10.2 Å². The second-order valence-corrected chi connectivity index (χ2v) is 19.0. The molecule has 69 heavy (non-hydrogen) atoms. The van der Waals surface area contributed by atoms with Gasteiger partial charge in [-0.1, -0.05) is 24.3 Å². The first kappa shape index (κ1) is 46.5. The average Bonchev–Trinajstić information content (AvgIpc) is 4.14.